The van der Waals surface area contributed by atoms with Crippen molar-refractivity contribution in [2.45, 2.75) is 44.9 Å². The molecule has 0 bridgehead atoms. The smallest absolute Gasteiger partial charge is 0.225 e. The number of hydrogen-bond acceptors (Lipinski definition) is 7. The molecule has 2 aliphatic heterocycles. The van der Waals surface area contributed by atoms with Gasteiger partial charge < -0.3 is 19.1 Å². The van der Waals surface area contributed by atoms with E-state index in [2.05, 4.69) is 20.9 Å². The molecule has 0 aliphatic carbocycles. The zero-order valence-electron chi connectivity index (χ0n) is 18.0. The van der Waals surface area contributed by atoms with Crippen LogP contribution in [0.1, 0.15) is 36.9 Å². The number of nitrogens with zero attached hydrogens (tertiary/aromatic N) is 4. The minimum atomic E-state index is 0.265. The average Bonchev–Trinajstić information content (AvgIpc) is 3.48. The summed E-state index contributed by atoms with van der Waals surface area (Å²) in [6.07, 6.45) is 6.82. The third kappa shape index (κ3) is 5.21. The fourth-order valence-corrected chi connectivity index (χ4v) is 4.28. The Hall–Kier alpha value is -2.38. The Kier molecular flexibility index (Phi) is 7.02. The maximum absolute atomic E-state index is 5.93. The summed E-state index contributed by atoms with van der Waals surface area (Å²) in [5.41, 5.74) is 2.13. The van der Waals surface area contributed by atoms with Crippen LogP contribution in [0, 0.1) is 0 Å². The first-order valence-corrected chi connectivity index (χ1v) is 10.9. The van der Waals surface area contributed by atoms with E-state index in [9.17, 15) is 0 Å². The van der Waals surface area contributed by atoms with Crippen LogP contribution in [-0.2, 0) is 17.8 Å². The van der Waals surface area contributed by atoms with Gasteiger partial charge in [-0.2, -0.15) is 0 Å². The lowest BCUT2D eigenvalue weighted by Crippen LogP contribution is -2.32. The van der Waals surface area contributed by atoms with Gasteiger partial charge in [-0.3, -0.25) is 4.90 Å². The summed E-state index contributed by atoms with van der Waals surface area (Å²) in [6.45, 7) is 5.29. The molecule has 0 N–H and O–H groups in total. The molecule has 2 aromatic rings. The maximum atomic E-state index is 5.93. The molecule has 1 aromatic heterocycles. The number of methoxy groups -OCH3 is 2. The van der Waals surface area contributed by atoms with Crippen molar-refractivity contribution < 1.29 is 14.2 Å². The van der Waals surface area contributed by atoms with Crippen molar-refractivity contribution in [3.8, 4) is 11.5 Å². The number of rotatable bonds is 9. The number of hydrogen-bond donors (Lipinski definition) is 0. The first-order chi connectivity index (χ1) is 14.7. The van der Waals surface area contributed by atoms with Gasteiger partial charge in [0.2, 0.25) is 5.95 Å². The van der Waals surface area contributed by atoms with Crippen LogP contribution >= 0.6 is 0 Å². The highest BCUT2D eigenvalue weighted by Crippen LogP contribution is 2.27. The van der Waals surface area contributed by atoms with E-state index in [1.165, 1.54) is 12.8 Å². The molecule has 0 saturated carbocycles. The zero-order valence-corrected chi connectivity index (χ0v) is 18.0. The van der Waals surface area contributed by atoms with Gasteiger partial charge in [-0.15, -0.1) is 0 Å². The molecule has 0 amide bonds. The minimum Gasteiger partial charge on any atom is -0.497 e. The van der Waals surface area contributed by atoms with E-state index in [0.717, 1.165) is 80.9 Å². The van der Waals surface area contributed by atoms with E-state index in [4.69, 9.17) is 19.2 Å². The number of anilines is 1. The van der Waals surface area contributed by atoms with Gasteiger partial charge >= 0.3 is 0 Å². The lowest BCUT2D eigenvalue weighted by atomic mass is 10.1. The highest BCUT2D eigenvalue weighted by atomic mass is 16.5. The van der Waals surface area contributed by atoms with Crippen molar-refractivity contribution in [3.63, 3.8) is 0 Å². The van der Waals surface area contributed by atoms with Gasteiger partial charge in [0.25, 0.3) is 0 Å². The van der Waals surface area contributed by atoms with Crippen molar-refractivity contribution in [1.29, 1.82) is 0 Å². The summed E-state index contributed by atoms with van der Waals surface area (Å²) in [5.74, 6) is 2.55. The summed E-state index contributed by atoms with van der Waals surface area (Å²) < 4.78 is 17.0. The Labute approximate surface area is 179 Å². The van der Waals surface area contributed by atoms with Crippen LogP contribution in [0.15, 0.2) is 30.5 Å². The van der Waals surface area contributed by atoms with E-state index >= 15 is 0 Å². The lowest BCUT2D eigenvalue weighted by molar-refractivity contribution is 0.0672. The molecule has 1 aromatic carbocycles. The highest BCUT2D eigenvalue weighted by molar-refractivity contribution is 5.40. The maximum Gasteiger partial charge on any atom is 0.225 e. The first-order valence-electron chi connectivity index (χ1n) is 10.9. The molecule has 2 aliphatic rings. The van der Waals surface area contributed by atoms with E-state index in [0.29, 0.717) is 0 Å². The van der Waals surface area contributed by atoms with Gasteiger partial charge in [0.1, 0.15) is 11.5 Å². The quantitative estimate of drug-likeness (QED) is 0.626. The van der Waals surface area contributed by atoms with Crippen LogP contribution in [0.4, 0.5) is 5.95 Å². The van der Waals surface area contributed by atoms with E-state index in [1.54, 1.807) is 14.2 Å². The van der Waals surface area contributed by atoms with Crippen molar-refractivity contribution in [3.05, 3.63) is 41.7 Å². The second-order valence-electron chi connectivity index (χ2n) is 8.02. The van der Waals surface area contributed by atoms with Gasteiger partial charge in [-0.1, -0.05) is 0 Å². The van der Waals surface area contributed by atoms with Gasteiger partial charge in [-0.05, 0) is 49.9 Å². The summed E-state index contributed by atoms with van der Waals surface area (Å²) in [4.78, 5) is 14.0. The molecule has 2 saturated heterocycles. The molecule has 4 rings (SSSR count). The van der Waals surface area contributed by atoms with Crippen LogP contribution in [0.25, 0.3) is 0 Å². The molecule has 162 valence electrons. The molecular weight excluding hydrogens is 380 g/mol. The Balaban J connectivity index is 1.53. The third-order valence-electron chi connectivity index (χ3n) is 5.84. The number of ether oxygens (including phenoxy) is 3. The zero-order chi connectivity index (χ0) is 20.8. The van der Waals surface area contributed by atoms with Gasteiger partial charge in [-0.25, -0.2) is 9.97 Å². The van der Waals surface area contributed by atoms with Crippen molar-refractivity contribution in [2.24, 2.45) is 0 Å². The van der Waals surface area contributed by atoms with E-state index in [-0.39, 0.29) is 6.10 Å². The average molecular weight is 413 g/mol. The highest BCUT2D eigenvalue weighted by Gasteiger charge is 2.22. The summed E-state index contributed by atoms with van der Waals surface area (Å²) in [5, 5.41) is 0. The van der Waals surface area contributed by atoms with Crippen LogP contribution in [0.2, 0.25) is 0 Å². The van der Waals surface area contributed by atoms with Crippen molar-refractivity contribution >= 4 is 5.95 Å². The standard InChI is InChI=1S/C23H32N4O3/c1-28-20-7-8-22(29-2)18(14-20)15-26(17-21-6-5-13-30-21)16-19-9-10-24-23(25-19)27-11-3-4-12-27/h7-10,14,21H,3-6,11-13,15-17H2,1-2H3/t21-/m1/s1. The van der Waals surface area contributed by atoms with Crippen LogP contribution in [0.3, 0.4) is 0 Å². The fourth-order valence-electron chi connectivity index (χ4n) is 4.28. The minimum absolute atomic E-state index is 0.265. The van der Waals surface area contributed by atoms with Gasteiger partial charge in [0.15, 0.2) is 0 Å². The van der Waals surface area contributed by atoms with E-state index in [1.807, 2.05) is 24.4 Å². The number of aromatic nitrogens is 2. The number of benzene rings is 1. The topological polar surface area (TPSA) is 60.0 Å². The molecule has 7 nitrogen and oxygen atoms in total. The monoisotopic (exact) mass is 412 g/mol. The van der Waals surface area contributed by atoms with Crippen molar-refractivity contribution in [2.75, 3.05) is 45.4 Å². The largest absolute Gasteiger partial charge is 0.497 e. The van der Waals surface area contributed by atoms with E-state index < -0.39 is 0 Å². The second kappa shape index (κ2) is 10.1. The molecule has 2 fully saturated rings. The SMILES string of the molecule is COc1ccc(OC)c(CN(Cc2ccnc(N3CCCC3)n2)C[C@H]2CCCO2)c1. The molecule has 0 spiro atoms. The molecule has 0 radical (unpaired) electrons. The predicted octanol–water partition coefficient (Wildman–Crippen LogP) is 3.28. The summed E-state index contributed by atoms with van der Waals surface area (Å²) >= 11 is 0. The molecule has 3 heterocycles. The van der Waals surface area contributed by atoms with Crippen molar-refractivity contribution in [1.82, 2.24) is 14.9 Å². The molecule has 7 heteroatoms. The van der Waals surface area contributed by atoms with Crippen LogP contribution in [-0.4, -0.2) is 61.4 Å². The fraction of sp³-hybridized carbons (Fsp3) is 0.565. The molecule has 1 atom stereocenters. The molecular formula is C23H32N4O3. The molecule has 0 unspecified atom stereocenters. The normalized spacial score (nSPS) is 18.9. The second-order valence-corrected chi connectivity index (χ2v) is 8.02. The Morgan fingerprint density at radius 3 is 2.70 bits per heavy atom. The lowest BCUT2D eigenvalue weighted by Gasteiger charge is -2.26. The predicted molar refractivity (Wildman–Crippen MR) is 116 cm³/mol. The van der Waals surface area contributed by atoms with Gasteiger partial charge in [0.05, 0.1) is 26.0 Å². The molecule has 30 heavy (non-hydrogen) atoms. The Bertz CT molecular complexity index is 820. The van der Waals surface area contributed by atoms with Gasteiger partial charge in [0, 0.05) is 51.1 Å². The first kappa shape index (κ1) is 20.9. The third-order valence-corrected chi connectivity index (χ3v) is 5.84. The van der Waals surface area contributed by atoms with Crippen LogP contribution in [0.5, 0.6) is 11.5 Å². The Morgan fingerprint density at radius 1 is 1.10 bits per heavy atom. The van der Waals surface area contributed by atoms with Crippen LogP contribution < -0.4 is 14.4 Å². The Morgan fingerprint density at radius 2 is 1.97 bits per heavy atom. The summed E-state index contributed by atoms with van der Waals surface area (Å²) in [6, 6.07) is 7.97. The summed E-state index contributed by atoms with van der Waals surface area (Å²) in [7, 11) is 3.40.